The summed E-state index contributed by atoms with van der Waals surface area (Å²) >= 11 is 0. The number of fused-ring (bicyclic) bond motifs is 3. The molecule has 0 atom stereocenters. The van der Waals surface area contributed by atoms with Crippen molar-refractivity contribution in [3.05, 3.63) is 71.8 Å². The average Bonchev–Trinajstić information content (AvgIpc) is 3.13. The first kappa shape index (κ1) is 21.3. The quantitative estimate of drug-likeness (QED) is 0.506. The molecule has 0 amide bonds. The number of benzene rings is 2. The van der Waals surface area contributed by atoms with Gasteiger partial charge < -0.3 is 24.8 Å². The normalized spacial score (nSPS) is 12.7. The maximum Gasteiger partial charge on any atom is 3.00 e. The fourth-order valence-electron chi connectivity index (χ4n) is 3.52. The SMILES string of the molecule is CC(C)c1ccc2c([cH-]c3ccccc32)c1C1=CC=CC1.[Cl-].[Cl-].[Zr+3]. The van der Waals surface area contributed by atoms with Gasteiger partial charge >= 0.3 is 26.2 Å². The molecule has 24 heavy (non-hydrogen) atoms. The third-order valence-electron chi connectivity index (χ3n) is 4.54. The number of halogens is 2. The molecule has 0 saturated carbocycles. The smallest absolute Gasteiger partial charge is 1.00 e. The first-order valence-corrected chi connectivity index (χ1v) is 7.73. The van der Waals surface area contributed by atoms with E-state index in [0.29, 0.717) is 5.92 Å². The third-order valence-corrected chi connectivity index (χ3v) is 4.54. The van der Waals surface area contributed by atoms with Gasteiger partial charge in [-0.25, -0.2) is 0 Å². The third kappa shape index (κ3) is 3.45. The van der Waals surface area contributed by atoms with Gasteiger partial charge in [0.2, 0.25) is 0 Å². The van der Waals surface area contributed by atoms with Gasteiger partial charge in [0.05, 0.1) is 0 Å². The number of hydrogen-bond donors (Lipinski definition) is 0. The topological polar surface area (TPSA) is 0 Å². The molecule has 0 aliphatic heterocycles. The van der Waals surface area contributed by atoms with Crippen LogP contribution in [-0.4, -0.2) is 0 Å². The second-order valence-electron chi connectivity index (χ2n) is 6.20. The van der Waals surface area contributed by atoms with Crippen LogP contribution in [0, 0.1) is 0 Å². The predicted octanol–water partition coefficient (Wildman–Crippen LogP) is 0.184. The van der Waals surface area contributed by atoms with Gasteiger partial charge in [0.15, 0.2) is 0 Å². The van der Waals surface area contributed by atoms with E-state index in [4.69, 9.17) is 0 Å². The molecule has 4 rings (SSSR count). The van der Waals surface area contributed by atoms with Crippen molar-refractivity contribution in [1.29, 1.82) is 0 Å². The Kier molecular flexibility index (Phi) is 7.60. The summed E-state index contributed by atoms with van der Waals surface area (Å²) in [4.78, 5) is 0. The van der Waals surface area contributed by atoms with Crippen LogP contribution in [-0.2, 0) is 26.2 Å². The largest absolute Gasteiger partial charge is 3.00 e. The van der Waals surface area contributed by atoms with Crippen LogP contribution >= 0.6 is 0 Å². The Morgan fingerprint density at radius 2 is 1.71 bits per heavy atom. The Bertz CT molecular complexity index is 901. The van der Waals surface area contributed by atoms with Gasteiger partial charge in [0.1, 0.15) is 0 Å². The molecule has 121 valence electrons. The first-order chi connectivity index (χ1) is 10.3. The molecular weight excluding hydrogens is 414 g/mol. The molecule has 3 heteroatoms. The van der Waals surface area contributed by atoms with Gasteiger partial charge in [-0.15, -0.1) is 33.7 Å². The van der Waals surface area contributed by atoms with Crippen LogP contribution in [0.2, 0.25) is 0 Å². The van der Waals surface area contributed by atoms with Crippen molar-refractivity contribution in [3.63, 3.8) is 0 Å². The summed E-state index contributed by atoms with van der Waals surface area (Å²) in [7, 11) is 0. The van der Waals surface area contributed by atoms with Crippen molar-refractivity contribution in [3.8, 4) is 0 Å². The molecule has 1 aliphatic carbocycles. The minimum atomic E-state index is 0. The van der Waals surface area contributed by atoms with E-state index in [1.54, 1.807) is 0 Å². The molecule has 3 aromatic rings. The summed E-state index contributed by atoms with van der Waals surface area (Å²) in [5.74, 6) is 0.545. The summed E-state index contributed by atoms with van der Waals surface area (Å²) < 4.78 is 0. The van der Waals surface area contributed by atoms with E-state index in [-0.39, 0.29) is 51.0 Å². The average molecular weight is 434 g/mol. The Morgan fingerprint density at radius 1 is 0.958 bits per heavy atom. The van der Waals surface area contributed by atoms with Gasteiger partial charge in [-0.3, -0.25) is 0 Å². The summed E-state index contributed by atoms with van der Waals surface area (Å²) in [6, 6.07) is 15.7. The van der Waals surface area contributed by atoms with Crippen molar-refractivity contribution in [2.24, 2.45) is 0 Å². The van der Waals surface area contributed by atoms with E-state index >= 15 is 0 Å². The van der Waals surface area contributed by atoms with Crippen LogP contribution in [0.3, 0.4) is 0 Å². The molecule has 0 saturated heterocycles. The molecule has 1 aliphatic rings. The first-order valence-electron chi connectivity index (χ1n) is 7.73. The monoisotopic (exact) mass is 431 g/mol. The van der Waals surface area contributed by atoms with Crippen molar-refractivity contribution in [2.75, 3.05) is 0 Å². The summed E-state index contributed by atoms with van der Waals surface area (Å²) in [5.41, 5.74) is 4.39. The Balaban J connectivity index is 0.000000960. The van der Waals surface area contributed by atoms with Crippen molar-refractivity contribution < 1.29 is 51.0 Å². The van der Waals surface area contributed by atoms with Crippen LogP contribution in [0.15, 0.2) is 60.7 Å². The maximum atomic E-state index is 2.37. The fraction of sp³-hybridized carbons (Fsp3) is 0.190. The molecule has 0 spiro atoms. The van der Waals surface area contributed by atoms with E-state index in [0.717, 1.165) is 6.42 Å². The molecule has 0 bridgehead atoms. The second-order valence-corrected chi connectivity index (χ2v) is 6.20. The van der Waals surface area contributed by atoms with Crippen LogP contribution in [0.25, 0.3) is 27.1 Å². The Morgan fingerprint density at radius 3 is 2.38 bits per heavy atom. The number of allylic oxidation sites excluding steroid dienone is 4. The zero-order valence-corrected chi connectivity index (χ0v) is 17.8. The molecule has 3 aromatic carbocycles. The van der Waals surface area contributed by atoms with Crippen LogP contribution in [0.5, 0.6) is 0 Å². The molecule has 0 fully saturated rings. The molecule has 0 nitrogen and oxygen atoms in total. The van der Waals surface area contributed by atoms with Crippen molar-refractivity contribution >= 4 is 27.1 Å². The van der Waals surface area contributed by atoms with Crippen molar-refractivity contribution in [2.45, 2.75) is 26.2 Å². The maximum absolute atomic E-state index is 2.37. The molecule has 0 heterocycles. The molecule has 1 radical (unpaired) electrons. The summed E-state index contributed by atoms with van der Waals surface area (Å²) in [6.07, 6.45) is 7.76. The Labute approximate surface area is 175 Å². The molecule has 0 aromatic heterocycles. The minimum absolute atomic E-state index is 0. The van der Waals surface area contributed by atoms with Crippen LogP contribution in [0.4, 0.5) is 0 Å². The molecule has 0 unspecified atom stereocenters. The fourth-order valence-corrected chi connectivity index (χ4v) is 3.52. The van der Waals surface area contributed by atoms with Crippen molar-refractivity contribution in [1.82, 2.24) is 0 Å². The minimum Gasteiger partial charge on any atom is -1.00 e. The molecular formula is C21H19Cl2Zr. The van der Waals surface area contributed by atoms with Crippen LogP contribution < -0.4 is 24.8 Å². The number of hydrogen-bond acceptors (Lipinski definition) is 0. The number of rotatable bonds is 2. The standard InChI is InChI=1S/C21H19.2ClH.Zr/c1-14(2)17-11-12-19-18-10-6-5-9-16(18)13-20(19)21(17)15-7-3-4-8-15;;;/h3-7,9-14H,8H2,1-2H3;2*1H;/q-1;;;+3/p-2. The summed E-state index contributed by atoms with van der Waals surface area (Å²) in [5, 5.41) is 5.52. The zero-order chi connectivity index (χ0) is 14.4. The zero-order valence-electron chi connectivity index (χ0n) is 13.8. The van der Waals surface area contributed by atoms with E-state index in [9.17, 15) is 0 Å². The second kappa shape index (κ2) is 8.57. The van der Waals surface area contributed by atoms with Gasteiger partial charge in [-0.05, 0) is 12.3 Å². The van der Waals surface area contributed by atoms with Crippen LogP contribution in [0.1, 0.15) is 37.3 Å². The van der Waals surface area contributed by atoms with E-state index in [1.807, 2.05) is 0 Å². The van der Waals surface area contributed by atoms with Gasteiger partial charge in [0.25, 0.3) is 0 Å². The van der Waals surface area contributed by atoms with E-state index in [2.05, 4.69) is 74.5 Å². The Hall–Kier alpha value is -0.747. The predicted molar refractivity (Wildman–Crippen MR) is 92.9 cm³/mol. The van der Waals surface area contributed by atoms with Gasteiger partial charge in [0, 0.05) is 0 Å². The van der Waals surface area contributed by atoms with E-state index in [1.165, 1.54) is 38.2 Å². The summed E-state index contributed by atoms with van der Waals surface area (Å²) in [6.45, 7) is 4.58. The van der Waals surface area contributed by atoms with Gasteiger partial charge in [-0.2, -0.15) is 0 Å². The van der Waals surface area contributed by atoms with E-state index < -0.39 is 0 Å². The molecule has 0 N–H and O–H groups in total. The van der Waals surface area contributed by atoms with Gasteiger partial charge in [-0.1, -0.05) is 79.1 Å².